The van der Waals surface area contributed by atoms with E-state index in [0.717, 1.165) is 5.56 Å². The Morgan fingerprint density at radius 1 is 1.37 bits per heavy atom. The number of benzene rings is 1. The number of fused-ring (bicyclic) bond motifs is 1. The van der Waals surface area contributed by atoms with Crippen molar-refractivity contribution in [1.82, 2.24) is 10.3 Å². The number of nitrogens with one attached hydrogen (secondary N) is 1. The SMILES string of the molecule is [C-]#[N+]c1ccc(COC(=O)[C@@H](NC(=O)c2ccc3c(c2C)B(O)OC3)C(C)C)nc1. The number of amides is 1. The summed E-state index contributed by atoms with van der Waals surface area (Å²) in [6, 6.07) is 5.77. The van der Waals surface area contributed by atoms with E-state index in [1.807, 2.05) is 13.8 Å². The lowest BCUT2D eigenvalue weighted by Crippen LogP contribution is -2.46. The summed E-state index contributed by atoms with van der Waals surface area (Å²) < 4.78 is 10.5. The van der Waals surface area contributed by atoms with E-state index in [1.54, 1.807) is 31.2 Å². The fourth-order valence-electron chi connectivity index (χ4n) is 3.27. The van der Waals surface area contributed by atoms with Crippen LogP contribution in [-0.2, 0) is 27.4 Å². The summed E-state index contributed by atoms with van der Waals surface area (Å²) in [4.78, 5) is 32.8. The van der Waals surface area contributed by atoms with Gasteiger partial charge in [0, 0.05) is 11.8 Å². The molecular weight excluding hydrogens is 385 g/mol. The average Bonchev–Trinajstić information content (AvgIpc) is 3.12. The summed E-state index contributed by atoms with van der Waals surface area (Å²) in [5.41, 5.74) is 3.34. The van der Waals surface area contributed by atoms with Gasteiger partial charge in [-0.15, -0.1) is 0 Å². The van der Waals surface area contributed by atoms with Gasteiger partial charge in [-0.05, 0) is 41.6 Å². The van der Waals surface area contributed by atoms with Crippen molar-refractivity contribution >= 4 is 30.1 Å². The Labute approximate surface area is 175 Å². The molecule has 2 N–H and O–H groups in total. The average molecular weight is 407 g/mol. The van der Waals surface area contributed by atoms with Crippen LogP contribution in [0, 0.1) is 19.4 Å². The molecule has 8 nitrogen and oxygen atoms in total. The Hall–Kier alpha value is -3.22. The van der Waals surface area contributed by atoms with Crippen molar-refractivity contribution in [3.8, 4) is 0 Å². The van der Waals surface area contributed by atoms with Crippen LogP contribution in [0.5, 0.6) is 0 Å². The number of rotatable bonds is 6. The molecule has 0 radical (unpaired) electrons. The number of carbonyl (C=O) groups excluding carboxylic acids is 2. The molecule has 0 bridgehead atoms. The van der Waals surface area contributed by atoms with Crippen LogP contribution in [0.2, 0.25) is 0 Å². The fraction of sp³-hybridized carbons (Fsp3) is 0.333. The van der Waals surface area contributed by atoms with E-state index < -0.39 is 25.0 Å². The van der Waals surface area contributed by atoms with Gasteiger partial charge in [0.1, 0.15) is 12.6 Å². The summed E-state index contributed by atoms with van der Waals surface area (Å²) in [7, 11) is -1.06. The molecular formula is C21H22BN3O5. The van der Waals surface area contributed by atoms with Crippen LogP contribution >= 0.6 is 0 Å². The van der Waals surface area contributed by atoms with Crippen molar-refractivity contribution in [2.75, 3.05) is 0 Å². The lowest BCUT2D eigenvalue weighted by molar-refractivity contribution is -0.148. The zero-order chi connectivity index (χ0) is 21.8. The number of pyridine rings is 1. The van der Waals surface area contributed by atoms with E-state index in [2.05, 4.69) is 15.1 Å². The number of ether oxygens (including phenoxy) is 1. The number of aromatic nitrogens is 1. The van der Waals surface area contributed by atoms with Gasteiger partial charge < -0.3 is 19.7 Å². The highest BCUT2D eigenvalue weighted by Gasteiger charge is 2.32. The number of hydrogen-bond acceptors (Lipinski definition) is 6. The van der Waals surface area contributed by atoms with Gasteiger partial charge in [0.25, 0.3) is 5.91 Å². The topological polar surface area (TPSA) is 102 Å². The zero-order valence-corrected chi connectivity index (χ0v) is 17.0. The van der Waals surface area contributed by atoms with E-state index in [1.165, 1.54) is 6.20 Å². The molecule has 1 aromatic carbocycles. The Bertz CT molecular complexity index is 1000. The molecule has 2 heterocycles. The standard InChI is InChI=1S/C21H22BN3O5/c1-12(2)19(21(27)29-11-16-7-6-15(23-4)9-24-16)25-20(26)17-8-5-14-10-30-22(28)18(14)13(17)3/h5-9,12,19,28H,10-11H2,1-3H3,(H,25,26)/t19-/m0/s1. The molecule has 1 aliphatic heterocycles. The molecule has 1 amide bonds. The number of nitrogens with zero attached hydrogens (tertiary/aromatic N) is 2. The maximum Gasteiger partial charge on any atom is 0.492 e. The molecule has 0 unspecified atom stereocenters. The lowest BCUT2D eigenvalue weighted by atomic mass is 9.75. The normalized spacial score (nSPS) is 13.5. The van der Waals surface area contributed by atoms with Crippen molar-refractivity contribution in [2.45, 2.75) is 40.0 Å². The molecule has 30 heavy (non-hydrogen) atoms. The number of esters is 1. The minimum Gasteiger partial charge on any atom is -0.458 e. The van der Waals surface area contributed by atoms with E-state index in [9.17, 15) is 14.6 Å². The molecule has 154 valence electrons. The van der Waals surface area contributed by atoms with E-state index in [0.29, 0.717) is 34.6 Å². The second-order valence-electron chi connectivity index (χ2n) is 7.40. The number of carbonyl (C=O) groups is 2. The van der Waals surface area contributed by atoms with Gasteiger partial charge in [-0.2, -0.15) is 0 Å². The maximum absolute atomic E-state index is 12.9. The zero-order valence-electron chi connectivity index (χ0n) is 17.0. The van der Waals surface area contributed by atoms with Crippen molar-refractivity contribution in [2.24, 2.45) is 5.92 Å². The second kappa shape index (κ2) is 9.07. The second-order valence-corrected chi connectivity index (χ2v) is 7.40. The molecule has 1 atom stereocenters. The van der Waals surface area contributed by atoms with Crippen molar-refractivity contribution < 1.29 is 24.0 Å². The first kappa shape index (κ1) is 21.5. The predicted octanol–water partition coefficient (Wildman–Crippen LogP) is 1.66. The first-order valence-corrected chi connectivity index (χ1v) is 9.53. The van der Waals surface area contributed by atoms with Crippen molar-refractivity contribution in [3.63, 3.8) is 0 Å². The highest BCUT2D eigenvalue weighted by molar-refractivity contribution is 6.62. The summed E-state index contributed by atoms with van der Waals surface area (Å²) in [6.45, 7) is 12.5. The smallest absolute Gasteiger partial charge is 0.458 e. The molecule has 0 aliphatic carbocycles. The van der Waals surface area contributed by atoms with Crippen LogP contribution < -0.4 is 10.8 Å². The summed E-state index contributed by atoms with van der Waals surface area (Å²) in [5.74, 6) is -1.20. The van der Waals surface area contributed by atoms with Crippen LogP contribution in [0.1, 0.15) is 41.0 Å². The Morgan fingerprint density at radius 3 is 2.77 bits per heavy atom. The van der Waals surface area contributed by atoms with Crippen molar-refractivity contribution in [1.29, 1.82) is 0 Å². The molecule has 0 fully saturated rings. The molecule has 1 aromatic heterocycles. The molecule has 0 spiro atoms. The highest BCUT2D eigenvalue weighted by atomic mass is 16.5. The van der Waals surface area contributed by atoms with Crippen LogP contribution in [-0.4, -0.2) is 35.0 Å². The molecule has 0 saturated carbocycles. The van der Waals surface area contributed by atoms with Gasteiger partial charge >= 0.3 is 13.1 Å². The van der Waals surface area contributed by atoms with Gasteiger partial charge in [-0.1, -0.05) is 26.0 Å². The minimum absolute atomic E-state index is 0.0579. The summed E-state index contributed by atoms with van der Waals surface area (Å²) in [6.07, 6.45) is 1.41. The van der Waals surface area contributed by atoms with Gasteiger partial charge in [0.05, 0.1) is 18.9 Å². The van der Waals surface area contributed by atoms with Crippen molar-refractivity contribution in [3.05, 3.63) is 64.3 Å². The van der Waals surface area contributed by atoms with E-state index >= 15 is 0 Å². The van der Waals surface area contributed by atoms with Gasteiger partial charge in [-0.3, -0.25) is 9.78 Å². The predicted molar refractivity (Wildman–Crippen MR) is 110 cm³/mol. The lowest BCUT2D eigenvalue weighted by Gasteiger charge is -2.21. The van der Waals surface area contributed by atoms with Crippen LogP contribution in [0.3, 0.4) is 0 Å². The minimum atomic E-state index is -1.06. The van der Waals surface area contributed by atoms with Gasteiger partial charge in [0.2, 0.25) is 5.69 Å². The summed E-state index contributed by atoms with van der Waals surface area (Å²) >= 11 is 0. The Kier molecular flexibility index (Phi) is 6.50. The molecule has 2 aromatic rings. The van der Waals surface area contributed by atoms with Crippen LogP contribution in [0.4, 0.5) is 5.69 Å². The molecule has 9 heteroatoms. The summed E-state index contributed by atoms with van der Waals surface area (Å²) in [5, 5.41) is 12.7. The third kappa shape index (κ3) is 4.51. The van der Waals surface area contributed by atoms with Crippen LogP contribution in [0.25, 0.3) is 4.85 Å². The largest absolute Gasteiger partial charge is 0.492 e. The first-order chi connectivity index (χ1) is 14.3. The number of hydrogen-bond donors (Lipinski definition) is 2. The Morgan fingerprint density at radius 2 is 2.13 bits per heavy atom. The molecule has 1 aliphatic rings. The van der Waals surface area contributed by atoms with Gasteiger partial charge in [0.15, 0.2) is 0 Å². The highest BCUT2D eigenvalue weighted by Crippen LogP contribution is 2.17. The maximum atomic E-state index is 12.9. The third-order valence-electron chi connectivity index (χ3n) is 5.00. The quantitative estimate of drug-likeness (QED) is 0.429. The fourth-order valence-corrected chi connectivity index (χ4v) is 3.27. The third-order valence-corrected chi connectivity index (χ3v) is 5.00. The van der Waals surface area contributed by atoms with E-state index in [-0.39, 0.29) is 12.5 Å². The monoisotopic (exact) mass is 407 g/mol. The Balaban J connectivity index is 1.69. The first-order valence-electron chi connectivity index (χ1n) is 9.53. The molecule has 3 rings (SSSR count). The molecule has 0 saturated heterocycles. The van der Waals surface area contributed by atoms with E-state index in [4.69, 9.17) is 16.0 Å². The van der Waals surface area contributed by atoms with Gasteiger partial charge in [-0.25, -0.2) is 9.64 Å². The van der Waals surface area contributed by atoms with Crippen LogP contribution in [0.15, 0.2) is 30.5 Å².